The lowest BCUT2D eigenvalue weighted by Gasteiger charge is -2.18. The zero-order valence-electron chi connectivity index (χ0n) is 14.1. The molecule has 0 amide bonds. The van der Waals surface area contributed by atoms with E-state index in [-0.39, 0.29) is 11.6 Å². The lowest BCUT2D eigenvalue weighted by molar-refractivity contribution is 0.0314. The highest BCUT2D eigenvalue weighted by Gasteiger charge is 2.23. The summed E-state index contributed by atoms with van der Waals surface area (Å²) in [6, 6.07) is 6.16. The molecule has 1 unspecified atom stereocenters. The number of ether oxygens (including phenoxy) is 1. The van der Waals surface area contributed by atoms with E-state index < -0.39 is 17.9 Å². The van der Waals surface area contributed by atoms with Gasteiger partial charge < -0.3 is 4.74 Å². The average Bonchev–Trinajstić information content (AvgIpc) is 3.26. The molecule has 7 nitrogen and oxygen atoms in total. The second kappa shape index (κ2) is 6.84. The molecule has 2 heterocycles. The van der Waals surface area contributed by atoms with Crippen LogP contribution in [0.3, 0.4) is 0 Å². The number of nitrogens with zero attached hydrogens (tertiary/aromatic N) is 5. The maximum Gasteiger partial charge on any atom is 0.357 e. The van der Waals surface area contributed by atoms with Gasteiger partial charge in [0.05, 0.1) is 11.3 Å². The molecule has 130 valence electrons. The third-order valence-electron chi connectivity index (χ3n) is 3.75. The first-order valence-corrected chi connectivity index (χ1v) is 7.87. The molecule has 25 heavy (non-hydrogen) atoms. The smallest absolute Gasteiger partial charge is 0.357 e. The zero-order chi connectivity index (χ0) is 18.0. The third kappa shape index (κ3) is 3.28. The van der Waals surface area contributed by atoms with Crippen molar-refractivity contribution in [1.29, 1.82) is 0 Å². The first-order valence-electron chi connectivity index (χ1n) is 7.87. The molecule has 0 spiro atoms. The molecule has 3 aromatic rings. The molecule has 8 heteroatoms. The van der Waals surface area contributed by atoms with Crippen molar-refractivity contribution in [2.45, 2.75) is 32.9 Å². The van der Waals surface area contributed by atoms with Gasteiger partial charge >= 0.3 is 5.97 Å². The van der Waals surface area contributed by atoms with Crippen molar-refractivity contribution < 1.29 is 13.9 Å². The SMILES string of the molecule is CC(OC(=O)c1ccnn1C(C)C)c1c(F)cccc1-n1cncn1. The quantitative estimate of drug-likeness (QED) is 0.666. The molecule has 3 rings (SSSR count). The van der Waals surface area contributed by atoms with Gasteiger partial charge in [-0.05, 0) is 39.0 Å². The van der Waals surface area contributed by atoms with Crippen molar-refractivity contribution in [3.05, 3.63) is 60.2 Å². The van der Waals surface area contributed by atoms with E-state index in [0.717, 1.165) is 0 Å². The van der Waals surface area contributed by atoms with E-state index in [1.807, 2.05) is 13.8 Å². The fourth-order valence-electron chi connectivity index (χ4n) is 2.63. The first kappa shape index (κ1) is 16.8. The molecule has 0 aliphatic rings. The van der Waals surface area contributed by atoms with Crippen LogP contribution in [0.4, 0.5) is 4.39 Å². The van der Waals surface area contributed by atoms with Crippen LogP contribution in [0.5, 0.6) is 0 Å². The molecule has 1 aromatic carbocycles. The molecule has 0 bridgehead atoms. The second-order valence-electron chi connectivity index (χ2n) is 5.81. The van der Waals surface area contributed by atoms with E-state index in [4.69, 9.17) is 4.74 Å². The van der Waals surface area contributed by atoms with Crippen molar-refractivity contribution in [1.82, 2.24) is 24.5 Å². The predicted octanol–water partition coefficient (Wildman–Crippen LogP) is 3.10. The van der Waals surface area contributed by atoms with Crippen LogP contribution >= 0.6 is 0 Å². The van der Waals surface area contributed by atoms with Crippen LogP contribution in [0.25, 0.3) is 5.69 Å². The zero-order valence-corrected chi connectivity index (χ0v) is 14.1. The Morgan fingerprint density at radius 3 is 2.68 bits per heavy atom. The molecule has 0 saturated heterocycles. The Balaban J connectivity index is 1.90. The lowest BCUT2D eigenvalue weighted by atomic mass is 10.1. The molecule has 0 N–H and O–H groups in total. The first-order chi connectivity index (χ1) is 12.0. The summed E-state index contributed by atoms with van der Waals surface area (Å²) in [6.45, 7) is 5.44. The Morgan fingerprint density at radius 1 is 1.20 bits per heavy atom. The Kier molecular flexibility index (Phi) is 4.60. The number of esters is 1. The molecule has 0 aliphatic heterocycles. The Bertz CT molecular complexity index is 873. The molecule has 0 aliphatic carbocycles. The standard InChI is InChI=1S/C17H18FN5O2/c1-11(2)23-15(7-8-20-23)17(24)25-12(3)16-13(18)5-4-6-14(16)22-10-19-9-21-22/h4-12H,1-3H3. The number of halogens is 1. The van der Waals surface area contributed by atoms with Gasteiger partial charge in [0.2, 0.25) is 0 Å². The van der Waals surface area contributed by atoms with Gasteiger partial charge in [-0.2, -0.15) is 10.2 Å². The van der Waals surface area contributed by atoms with E-state index in [1.54, 1.807) is 29.8 Å². The van der Waals surface area contributed by atoms with Crippen LogP contribution in [-0.4, -0.2) is 30.5 Å². The Labute approximate surface area is 144 Å². The Morgan fingerprint density at radius 2 is 2.00 bits per heavy atom. The minimum atomic E-state index is -0.816. The number of rotatable bonds is 5. The van der Waals surface area contributed by atoms with E-state index in [0.29, 0.717) is 11.4 Å². The van der Waals surface area contributed by atoms with Gasteiger partial charge in [-0.1, -0.05) is 6.07 Å². The van der Waals surface area contributed by atoms with Gasteiger partial charge in [-0.3, -0.25) is 4.68 Å². The van der Waals surface area contributed by atoms with Gasteiger partial charge in [0.1, 0.15) is 30.3 Å². The van der Waals surface area contributed by atoms with Crippen molar-refractivity contribution in [3.8, 4) is 5.69 Å². The Hall–Kier alpha value is -3.03. The monoisotopic (exact) mass is 343 g/mol. The number of benzene rings is 1. The number of carbonyl (C=O) groups excluding carboxylic acids is 1. The van der Waals surface area contributed by atoms with E-state index in [1.165, 1.54) is 29.6 Å². The highest BCUT2D eigenvalue weighted by molar-refractivity contribution is 5.87. The average molecular weight is 343 g/mol. The van der Waals surface area contributed by atoms with Crippen LogP contribution in [0.15, 0.2) is 43.1 Å². The van der Waals surface area contributed by atoms with Gasteiger partial charge in [-0.15, -0.1) is 0 Å². The molecule has 1 atom stereocenters. The van der Waals surface area contributed by atoms with Gasteiger partial charge in [0.15, 0.2) is 0 Å². The van der Waals surface area contributed by atoms with Gasteiger partial charge in [0.25, 0.3) is 0 Å². The summed E-state index contributed by atoms with van der Waals surface area (Å²) in [5, 5.41) is 8.13. The summed E-state index contributed by atoms with van der Waals surface area (Å²) in [4.78, 5) is 16.4. The van der Waals surface area contributed by atoms with Crippen LogP contribution in [0, 0.1) is 5.82 Å². The molecular weight excluding hydrogens is 325 g/mol. The van der Waals surface area contributed by atoms with Gasteiger partial charge in [-0.25, -0.2) is 18.9 Å². The van der Waals surface area contributed by atoms with Crippen LogP contribution < -0.4 is 0 Å². The van der Waals surface area contributed by atoms with Crippen molar-refractivity contribution in [2.75, 3.05) is 0 Å². The summed E-state index contributed by atoms with van der Waals surface area (Å²) in [5.41, 5.74) is 1.02. The van der Waals surface area contributed by atoms with Crippen LogP contribution in [0.2, 0.25) is 0 Å². The van der Waals surface area contributed by atoms with Crippen molar-refractivity contribution in [3.63, 3.8) is 0 Å². The normalized spacial score (nSPS) is 12.4. The van der Waals surface area contributed by atoms with Gasteiger partial charge in [0, 0.05) is 12.2 Å². The largest absolute Gasteiger partial charge is 0.453 e. The summed E-state index contributed by atoms with van der Waals surface area (Å²) in [6.07, 6.45) is 3.53. The number of aromatic nitrogens is 5. The fourth-order valence-corrected chi connectivity index (χ4v) is 2.63. The van der Waals surface area contributed by atoms with Crippen molar-refractivity contribution >= 4 is 5.97 Å². The topological polar surface area (TPSA) is 74.8 Å². The molecule has 0 saturated carbocycles. The number of carbonyl (C=O) groups is 1. The van der Waals surface area contributed by atoms with E-state index >= 15 is 0 Å². The van der Waals surface area contributed by atoms with E-state index in [2.05, 4.69) is 15.2 Å². The minimum absolute atomic E-state index is 0.00651. The second-order valence-corrected chi connectivity index (χ2v) is 5.81. The summed E-state index contributed by atoms with van der Waals surface area (Å²) in [5.74, 6) is -1.04. The molecular formula is C17H18FN5O2. The van der Waals surface area contributed by atoms with Crippen molar-refractivity contribution in [2.24, 2.45) is 0 Å². The molecule has 0 fully saturated rings. The number of hydrogen-bond acceptors (Lipinski definition) is 5. The van der Waals surface area contributed by atoms with Crippen LogP contribution in [-0.2, 0) is 4.74 Å². The highest BCUT2D eigenvalue weighted by atomic mass is 19.1. The highest BCUT2D eigenvalue weighted by Crippen LogP contribution is 2.27. The maximum atomic E-state index is 14.4. The maximum absolute atomic E-state index is 14.4. The summed E-state index contributed by atoms with van der Waals surface area (Å²) in [7, 11) is 0. The fraction of sp³-hybridized carbons (Fsp3) is 0.294. The van der Waals surface area contributed by atoms with Crippen LogP contribution in [0.1, 0.15) is 49.0 Å². The molecule has 2 aromatic heterocycles. The lowest BCUT2D eigenvalue weighted by Crippen LogP contribution is -2.18. The predicted molar refractivity (Wildman–Crippen MR) is 87.8 cm³/mol. The summed E-state index contributed by atoms with van der Waals surface area (Å²) >= 11 is 0. The molecule has 0 radical (unpaired) electrons. The summed E-state index contributed by atoms with van der Waals surface area (Å²) < 4.78 is 22.9. The minimum Gasteiger partial charge on any atom is -0.453 e. The third-order valence-corrected chi connectivity index (χ3v) is 3.75. The van der Waals surface area contributed by atoms with E-state index in [9.17, 15) is 9.18 Å². The number of hydrogen-bond donors (Lipinski definition) is 0.